The van der Waals surface area contributed by atoms with Gasteiger partial charge in [0.25, 0.3) is 0 Å². The highest BCUT2D eigenvalue weighted by Crippen LogP contribution is 2.23. The number of aryl methyl sites for hydroxylation is 2. The molecule has 122 valence electrons. The molecule has 0 fully saturated rings. The van der Waals surface area contributed by atoms with Crippen molar-refractivity contribution in [3.63, 3.8) is 0 Å². The van der Waals surface area contributed by atoms with Crippen LogP contribution < -0.4 is 4.74 Å². The van der Waals surface area contributed by atoms with Crippen LogP contribution in [0.4, 0.5) is 0 Å². The second-order valence-corrected chi connectivity index (χ2v) is 5.90. The molecule has 0 N–H and O–H groups in total. The standard InChI is InChI=1S/C22H23NO/c1-3-17-7-5-8-19(13-17)16-24-21-10-6-9-20(14-21)22-12-11-18(4-2)15-23-22/h5-15H,3-4,16H2,1-2H3. The molecule has 0 saturated heterocycles. The minimum Gasteiger partial charge on any atom is -0.489 e. The molecule has 0 aliphatic rings. The summed E-state index contributed by atoms with van der Waals surface area (Å²) in [6.07, 6.45) is 4.00. The Morgan fingerprint density at radius 1 is 0.792 bits per heavy atom. The van der Waals surface area contributed by atoms with Crippen molar-refractivity contribution in [2.45, 2.75) is 33.3 Å². The van der Waals surface area contributed by atoms with Crippen molar-refractivity contribution in [2.24, 2.45) is 0 Å². The molecule has 0 spiro atoms. The Balaban J connectivity index is 1.72. The summed E-state index contributed by atoms with van der Waals surface area (Å²) in [6.45, 7) is 4.89. The monoisotopic (exact) mass is 317 g/mol. The predicted octanol–water partition coefficient (Wildman–Crippen LogP) is 5.45. The second kappa shape index (κ2) is 7.78. The molecule has 3 aromatic rings. The van der Waals surface area contributed by atoms with Gasteiger partial charge >= 0.3 is 0 Å². The molecule has 2 aromatic carbocycles. The van der Waals surface area contributed by atoms with E-state index in [0.29, 0.717) is 6.61 Å². The number of hydrogen-bond acceptors (Lipinski definition) is 2. The summed E-state index contributed by atoms with van der Waals surface area (Å²) < 4.78 is 5.97. The number of rotatable bonds is 6. The third-order valence-electron chi connectivity index (χ3n) is 4.17. The highest BCUT2D eigenvalue weighted by atomic mass is 16.5. The van der Waals surface area contributed by atoms with Crippen LogP contribution in [-0.2, 0) is 19.4 Å². The summed E-state index contributed by atoms with van der Waals surface area (Å²) in [5, 5.41) is 0. The van der Waals surface area contributed by atoms with Gasteiger partial charge in [-0.25, -0.2) is 0 Å². The van der Waals surface area contributed by atoms with E-state index in [4.69, 9.17) is 4.74 Å². The van der Waals surface area contributed by atoms with E-state index in [1.54, 1.807) is 0 Å². The average Bonchev–Trinajstić information content (AvgIpc) is 2.67. The Bertz CT molecular complexity index is 793. The molecule has 24 heavy (non-hydrogen) atoms. The lowest BCUT2D eigenvalue weighted by Gasteiger charge is -2.09. The number of aromatic nitrogens is 1. The third-order valence-corrected chi connectivity index (χ3v) is 4.17. The zero-order valence-corrected chi connectivity index (χ0v) is 14.3. The van der Waals surface area contributed by atoms with Crippen LogP contribution in [0, 0.1) is 0 Å². The molecule has 1 aromatic heterocycles. The molecule has 1 heterocycles. The van der Waals surface area contributed by atoms with Crippen LogP contribution in [0.3, 0.4) is 0 Å². The molecule has 0 radical (unpaired) electrons. The van der Waals surface area contributed by atoms with Crippen LogP contribution in [0.15, 0.2) is 66.9 Å². The highest BCUT2D eigenvalue weighted by Gasteiger charge is 2.03. The van der Waals surface area contributed by atoms with Crippen molar-refractivity contribution >= 4 is 0 Å². The summed E-state index contributed by atoms with van der Waals surface area (Å²) in [5.74, 6) is 0.871. The number of hydrogen-bond donors (Lipinski definition) is 0. The fourth-order valence-electron chi connectivity index (χ4n) is 2.66. The molecule has 0 aliphatic heterocycles. The van der Waals surface area contributed by atoms with Gasteiger partial charge in [0.15, 0.2) is 0 Å². The Kier molecular flexibility index (Phi) is 5.27. The molecule has 0 unspecified atom stereocenters. The van der Waals surface area contributed by atoms with Crippen LogP contribution >= 0.6 is 0 Å². The van der Waals surface area contributed by atoms with Crippen LogP contribution in [0.5, 0.6) is 5.75 Å². The first-order chi connectivity index (χ1) is 11.8. The normalized spacial score (nSPS) is 10.6. The third kappa shape index (κ3) is 4.02. The van der Waals surface area contributed by atoms with E-state index in [1.807, 2.05) is 18.3 Å². The molecule has 0 amide bonds. The van der Waals surface area contributed by atoms with Crippen LogP contribution in [-0.4, -0.2) is 4.98 Å². The van der Waals surface area contributed by atoms with E-state index in [1.165, 1.54) is 16.7 Å². The van der Waals surface area contributed by atoms with E-state index >= 15 is 0 Å². The van der Waals surface area contributed by atoms with E-state index in [2.05, 4.69) is 67.4 Å². The van der Waals surface area contributed by atoms with E-state index in [9.17, 15) is 0 Å². The Morgan fingerprint density at radius 2 is 1.58 bits per heavy atom. The first-order valence-corrected chi connectivity index (χ1v) is 8.54. The molecular weight excluding hydrogens is 294 g/mol. The van der Waals surface area contributed by atoms with Gasteiger partial charge in [0.05, 0.1) is 5.69 Å². The van der Waals surface area contributed by atoms with Crippen LogP contribution in [0.1, 0.15) is 30.5 Å². The topological polar surface area (TPSA) is 22.1 Å². The van der Waals surface area contributed by atoms with Gasteiger partial charge in [0, 0.05) is 11.8 Å². The summed E-state index contributed by atoms with van der Waals surface area (Å²) >= 11 is 0. The first kappa shape index (κ1) is 16.3. The highest BCUT2D eigenvalue weighted by molar-refractivity contribution is 5.61. The van der Waals surface area contributed by atoms with E-state index in [0.717, 1.165) is 29.8 Å². The van der Waals surface area contributed by atoms with Gasteiger partial charge in [-0.1, -0.05) is 56.3 Å². The van der Waals surface area contributed by atoms with Gasteiger partial charge in [-0.2, -0.15) is 0 Å². The Labute approximate surface area is 144 Å². The maximum atomic E-state index is 5.97. The van der Waals surface area contributed by atoms with Crippen LogP contribution in [0.2, 0.25) is 0 Å². The zero-order valence-electron chi connectivity index (χ0n) is 14.3. The van der Waals surface area contributed by atoms with E-state index < -0.39 is 0 Å². The average molecular weight is 317 g/mol. The second-order valence-electron chi connectivity index (χ2n) is 5.90. The quantitative estimate of drug-likeness (QED) is 0.603. The number of ether oxygens (including phenoxy) is 1. The summed E-state index contributed by atoms with van der Waals surface area (Å²) in [7, 11) is 0. The minimum absolute atomic E-state index is 0.583. The maximum Gasteiger partial charge on any atom is 0.120 e. The van der Waals surface area contributed by atoms with Crippen molar-refractivity contribution in [3.05, 3.63) is 83.6 Å². The zero-order chi connectivity index (χ0) is 16.8. The van der Waals surface area contributed by atoms with Gasteiger partial charge in [0.1, 0.15) is 12.4 Å². The number of pyridine rings is 1. The van der Waals surface area contributed by atoms with Crippen molar-refractivity contribution in [2.75, 3.05) is 0 Å². The van der Waals surface area contributed by atoms with Gasteiger partial charge in [0.2, 0.25) is 0 Å². The lowest BCUT2D eigenvalue weighted by atomic mass is 10.1. The number of nitrogens with zero attached hydrogens (tertiary/aromatic N) is 1. The lowest BCUT2D eigenvalue weighted by molar-refractivity contribution is 0.306. The fraction of sp³-hybridized carbons (Fsp3) is 0.227. The molecule has 0 bridgehead atoms. The molecule has 0 aliphatic carbocycles. The van der Waals surface area contributed by atoms with Gasteiger partial charge < -0.3 is 4.74 Å². The van der Waals surface area contributed by atoms with Crippen molar-refractivity contribution in [1.29, 1.82) is 0 Å². The minimum atomic E-state index is 0.583. The molecule has 0 saturated carbocycles. The van der Waals surface area contributed by atoms with Crippen molar-refractivity contribution in [1.82, 2.24) is 4.98 Å². The summed E-state index contributed by atoms with van der Waals surface area (Å²) in [5.41, 5.74) is 5.85. The molecule has 2 heteroatoms. The largest absolute Gasteiger partial charge is 0.489 e. The Morgan fingerprint density at radius 3 is 2.33 bits per heavy atom. The van der Waals surface area contributed by atoms with Crippen molar-refractivity contribution in [3.8, 4) is 17.0 Å². The number of benzene rings is 2. The summed E-state index contributed by atoms with van der Waals surface area (Å²) in [6, 6.07) is 20.9. The van der Waals surface area contributed by atoms with E-state index in [-0.39, 0.29) is 0 Å². The lowest BCUT2D eigenvalue weighted by Crippen LogP contribution is -1.96. The Hall–Kier alpha value is -2.61. The molecule has 0 atom stereocenters. The van der Waals surface area contributed by atoms with Gasteiger partial charge in [-0.05, 0) is 47.7 Å². The molecular formula is C22H23NO. The molecule has 2 nitrogen and oxygen atoms in total. The predicted molar refractivity (Wildman–Crippen MR) is 99.2 cm³/mol. The van der Waals surface area contributed by atoms with Gasteiger partial charge in [-0.3, -0.25) is 4.98 Å². The fourth-order valence-corrected chi connectivity index (χ4v) is 2.66. The van der Waals surface area contributed by atoms with Crippen LogP contribution in [0.25, 0.3) is 11.3 Å². The van der Waals surface area contributed by atoms with Gasteiger partial charge in [-0.15, -0.1) is 0 Å². The smallest absolute Gasteiger partial charge is 0.120 e. The van der Waals surface area contributed by atoms with Crippen molar-refractivity contribution < 1.29 is 4.74 Å². The first-order valence-electron chi connectivity index (χ1n) is 8.54. The maximum absolute atomic E-state index is 5.97. The SMILES string of the molecule is CCc1ccc(-c2cccc(OCc3cccc(CC)c3)c2)nc1. The molecule has 3 rings (SSSR count). The summed E-state index contributed by atoms with van der Waals surface area (Å²) in [4.78, 5) is 4.55.